The van der Waals surface area contributed by atoms with Gasteiger partial charge < -0.3 is 23.8 Å². The number of pyridine rings is 1. The van der Waals surface area contributed by atoms with E-state index in [4.69, 9.17) is 9.47 Å². The molecule has 1 aliphatic heterocycles. The van der Waals surface area contributed by atoms with Crippen molar-refractivity contribution in [2.45, 2.75) is 25.6 Å². The molecule has 1 atom stereocenters. The van der Waals surface area contributed by atoms with Crippen LogP contribution in [0.3, 0.4) is 0 Å². The summed E-state index contributed by atoms with van der Waals surface area (Å²) in [4.78, 5) is 43.1. The van der Waals surface area contributed by atoms with E-state index in [0.29, 0.717) is 37.3 Å². The first-order valence-electron chi connectivity index (χ1n) is 11.4. The molecule has 0 fully saturated rings. The van der Waals surface area contributed by atoms with E-state index in [-0.39, 0.29) is 29.7 Å². The molecule has 0 N–H and O–H groups in total. The number of hydrogen-bond donors (Lipinski definition) is 0. The molecular formula is C26H29N3O5S. The number of nitrogens with zero attached hydrogens (tertiary/aromatic N) is 3. The maximum Gasteiger partial charge on any atom is 0.259 e. The number of ether oxygens (including phenoxy) is 2. The fourth-order valence-electron chi connectivity index (χ4n) is 4.45. The molecule has 35 heavy (non-hydrogen) atoms. The van der Waals surface area contributed by atoms with E-state index >= 15 is 0 Å². The third kappa shape index (κ3) is 5.16. The summed E-state index contributed by atoms with van der Waals surface area (Å²) < 4.78 is 12.6. The average molecular weight is 496 g/mol. The van der Waals surface area contributed by atoms with E-state index in [0.717, 1.165) is 11.1 Å². The Labute approximate surface area is 208 Å². The summed E-state index contributed by atoms with van der Waals surface area (Å²) in [6.07, 6.45) is -0.391. The van der Waals surface area contributed by atoms with Gasteiger partial charge in [0.1, 0.15) is 11.3 Å². The Kier molecular flexibility index (Phi) is 7.67. The maximum atomic E-state index is 13.5. The van der Waals surface area contributed by atoms with Gasteiger partial charge in [0.15, 0.2) is 6.10 Å². The second-order valence-corrected chi connectivity index (χ2v) is 9.20. The van der Waals surface area contributed by atoms with Crippen LogP contribution < -0.4 is 10.3 Å². The predicted molar refractivity (Wildman–Crippen MR) is 134 cm³/mol. The number of benzene rings is 1. The molecular weight excluding hydrogens is 466 g/mol. The van der Waals surface area contributed by atoms with Crippen molar-refractivity contribution in [3.8, 4) is 5.75 Å². The third-order valence-electron chi connectivity index (χ3n) is 6.25. The zero-order chi connectivity index (χ0) is 24.9. The van der Waals surface area contributed by atoms with Crippen LogP contribution in [0.1, 0.15) is 33.3 Å². The quantitative estimate of drug-likeness (QED) is 0.504. The smallest absolute Gasteiger partial charge is 0.259 e. The summed E-state index contributed by atoms with van der Waals surface area (Å²) >= 11 is 1.57. The van der Waals surface area contributed by atoms with Gasteiger partial charge in [-0.05, 0) is 28.0 Å². The molecule has 0 saturated heterocycles. The number of methoxy groups -OCH3 is 2. The number of thiophene rings is 1. The second kappa shape index (κ2) is 10.9. The van der Waals surface area contributed by atoms with Crippen LogP contribution in [0.2, 0.25) is 0 Å². The fraction of sp³-hybridized carbons (Fsp3) is 0.346. The molecule has 3 aromatic rings. The number of carbonyl (C=O) groups is 2. The van der Waals surface area contributed by atoms with Crippen molar-refractivity contribution < 1.29 is 19.1 Å². The first-order chi connectivity index (χ1) is 16.9. The van der Waals surface area contributed by atoms with Crippen LogP contribution in [0.4, 0.5) is 0 Å². The molecule has 2 amide bonds. The molecule has 2 aromatic heterocycles. The van der Waals surface area contributed by atoms with E-state index in [1.165, 1.54) is 20.3 Å². The Hall–Kier alpha value is -3.43. The highest BCUT2D eigenvalue weighted by Gasteiger charge is 2.31. The largest absolute Gasteiger partial charge is 0.496 e. The lowest BCUT2D eigenvalue weighted by Crippen LogP contribution is -2.38. The zero-order valence-corrected chi connectivity index (χ0v) is 20.9. The minimum atomic E-state index is -0.735. The first-order valence-corrected chi connectivity index (χ1v) is 12.3. The molecule has 0 bridgehead atoms. The van der Waals surface area contributed by atoms with Crippen LogP contribution in [0.15, 0.2) is 58.0 Å². The zero-order valence-electron chi connectivity index (χ0n) is 20.1. The lowest BCUT2D eigenvalue weighted by atomic mass is 10.1. The maximum absolute atomic E-state index is 13.5. The van der Waals surface area contributed by atoms with E-state index in [2.05, 4.69) is 0 Å². The van der Waals surface area contributed by atoms with Crippen molar-refractivity contribution >= 4 is 23.2 Å². The summed E-state index contributed by atoms with van der Waals surface area (Å²) in [6, 6.07) is 12.7. The Morgan fingerprint density at radius 1 is 1.11 bits per heavy atom. The molecule has 1 aromatic carbocycles. The van der Waals surface area contributed by atoms with Crippen molar-refractivity contribution in [3.05, 3.63) is 86.0 Å². The number of carbonyl (C=O) groups excluding carboxylic acids is 2. The number of amides is 2. The molecule has 9 heteroatoms. The van der Waals surface area contributed by atoms with Gasteiger partial charge in [-0.3, -0.25) is 14.4 Å². The van der Waals surface area contributed by atoms with Crippen LogP contribution in [-0.4, -0.2) is 60.5 Å². The van der Waals surface area contributed by atoms with Gasteiger partial charge in [-0.15, -0.1) is 0 Å². The van der Waals surface area contributed by atoms with Crippen molar-refractivity contribution in [2.75, 3.05) is 34.4 Å². The van der Waals surface area contributed by atoms with Gasteiger partial charge in [0.2, 0.25) is 0 Å². The minimum Gasteiger partial charge on any atom is -0.496 e. The molecule has 3 heterocycles. The van der Waals surface area contributed by atoms with Gasteiger partial charge in [0.05, 0.1) is 7.11 Å². The van der Waals surface area contributed by atoms with E-state index in [1.807, 2.05) is 47.2 Å². The molecule has 184 valence electrons. The lowest BCUT2D eigenvalue weighted by Gasteiger charge is -2.25. The summed E-state index contributed by atoms with van der Waals surface area (Å²) in [6.45, 7) is 1.42. The Balaban J connectivity index is 1.63. The topological polar surface area (TPSA) is 81.1 Å². The van der Waals surface area contributed by atoms with Gasteiger partial charge >= 0.3 is 0 Å². The van der Waals surface area contributed by atoms with Gasteiger partial charge in [0, 0.05) is 58.5 Å². The standard InChI is InChI=1S/C26H29N3O5S/c1-27(16-18-10-14-35-17-18)25(31)23-20-9-11-28(12-13-29(20)22(30)15-21(23)33-2)26(32)24(34-3)19-7-5-4-6-8-19/h4-8,10,14-15,17,24H,9,11-13,16H2,1-3H3/t24-/m0/s1. The number of hydrogen-bond acceptors (Lipinski definition) is 6. The monoisotopic (exact) mass is 495 g/mol. The second-order valence-electron chi connectivity index (χ2n) is 8.42. The van der Waals surface area contributed by atoms with Crippen molar-refractivity contribution in [1.82, 2.24) is 14.4 Å². The Bertz CT molecular complexity index is 1240. The molecule has 1 aliphatic rings. The van der Waals surface area contributed by atoms with E-state index in [1.54, 1.807) is 32.8 Å². The molecule has 0 saturated carbocycles. The van der Waals surface area contributed by atoms with Crippen LogP contribution in [-0.2, 0) is 29.0 Å². The predicted octanol–water partition coefficient (Wildman–Crippen LogP) is 2.96. The highest BCUT2D eigenvalue weighted by Crippen LogP contribution is 2.26. The molecule has 0 radical (unpaired) electrons. The van der Waals surface area contributed by atoms with Gasteiger partial charge in [-0.2, -0.15) is 11.3 Å². The van der Waals surface area contributed by atoms with E-state index in [9.17, 15) is 14.4 Å². The summed E-state index contributed by atoms with van der Waals surface area (Å²) in [7, 11) is 4.70. The number of aromatic nitrogens is 1. The Morgan fingerprint density at radius 2 is 1.89 bits per heavy atom. The van der Waals surface area contributed by atoms with Gasteiger partial charge in [0.25, 0.3) is 17.4 Å². The van der Waals surface area contributed by atoms with Gasteiger partial charge in [-0.25, -0.2) is 0 Å². The van der Waals surface area contributed by atoms with Crippen LogP contribution >= 0.6 is 11.3 Å². The summed E-state index contributed by atoms with van der Waals surface area (Å²) in [5.74, 6) is -0.146. The molecule has 0 spiro atoms. The van der Waals surface area contributed by atoms with Crippen LogP contribution in [0.5, 0.6) is 5.75 Å². The SMILES string of the molecule is COc1cc(=O)n2c(c1C(=O)N(C)Cc1ccsc1)CCN(C(=O)[C@@H](OC)c1ccccc1)CC2. The Morgan fingerprint density at radius 3 is 2.54 bits per heavy atom. The number of rotatable bonds is 7. The van der Waals surface area contributed by atoms with Crippen molar-refractivity contribution in [3.63, 3.8) is 0 Å². The van der Waals surface area contributed by atoms with Crippen LogP contribution in [0.25, 0.3) is 0 Å². The third-order valence-corrected chi connectivity index (χ3v) is 6.98. The van der Waals surface area contributed by atoms with Crippen molar-refractivity contribution in [1.29, 1.82) is 0 Å². The van der Waals surface area contributed by atoms with Crippen LogP contribution in [0, 0.1) is 0 Å². The molecule has 0 unspecified atom stereocenters. The average Bonchev–Trinajstić information content (AvgIpc) is 3.27. The number of fused-ring (bicyclic) bond motifs is 1. The first kappa shape index (κ1) is 24.7. The van der Waals surface area contributed by atoms with E-state index < -0.39 is 6.10 Å². The fourth-order valence-corrected chi connectivity index (χ4v) is 5.11. The highest BCUT2D eigenvalue weighted by atomic mass is 32.1. The van der Waals surface area contributed by atoms with Gasteiger partial charge in [-0.1, -0.05) is 30.3 Å². The highest BCUT2D eigenvalue weighted by molar-refractivity contribution is 7.07. The normalized spacial score (nSPS) is 14.1. The molecule has 8 nitrogen and oxygen atoms in total. The summed E-state index contributed by atoms with van der Waals surface area (Å²) in [5, 5.41) is 3.97. The molecule has 4 rings (SSSR count). The molecule has 0 aliphatic carbocycles. The minimum absolute atomic E-state index is 0.172. The van der Waals surface area contributed by atoms with Crippen molar-refractivity contribution in [2.24, 2.45) is 0 Å². The summed E-state index contributed by atoms with van der Waals surface area (Å²) in [5.41, 5.74) is 2.50. The lowest BCUT2D eigenvalue weighted by molar-refractivity contribution is -0.142.